The molecule has 0 fully saturated rings. The number of nitrogens with zero attached hydrogens (tertiary/aromatic N) is 3. The van der Waals surface area contributed by atoms with Crippen LogP contribution in [0.15, 0.2) is 58.1 Å². The van der Waals surface area contributed by atoms with Crippen LogP contribution in [0.5, 0.6) is 0 Å². The zero-order valence-electron chi connectivity index (χ0n) is 14.3. The van der Waals surface area contributed by atoms with Crippen LogP contribution in [0.3, 0.4) is 0 Å². The average Bonchev–Trinajstić information content (AvgIpc) is 2.64. The fraction of sp³-hybridized carbons (Fsp3) is 0.167. The predicted octanol–water partition coefficient (Wildman–Crippen LogP) is 2.94. The third-order valence-corrected chi connectivity index (χ3v) is 4.61. The van der Waals surface area contributed by atoms with E-state index in [1.165, 1.54) is 29.1 Å². The quantitative estimate of drug-likeness (QED) is 0.494. The maximum absolute atomic E-state index is 12.5. The van der Waals surface area contributed by atoms with Gasteiger partial charge in [0.1, 0.15) is 6.54 Å². The lowest BCUT2D eigenvalue weighted by Crippen LogP contribution is -2.34. The molecule has 138 valence electrons. The molecule has 0 aliphatic rings. The molecule has 1 amide bonds. The fourth-order valence-corrected chi connectivity index (χ4v) is 2.91. The van der Waals surface area contributed by atoms with Crippen LogP contribution in [0.1, 0.15) is 18.5 Å². The van der Waals surface area contributed by atoms with Gasteiger partial charge in [-0.15, -0.1) is 0 Å². The number of nitrogens with one attached hydrogen (secondary N) is 1. The topological polar surface area (TPSA) is 107 Å². The number of benzene rings is 2. The first-order chi connectivity index (χ1) is 12.8. The first-order valence-corrected chi connectivity index (χ1v) is 8.83. The summed E-state index contributed by atoms with van der Waals surface area (Å²) in [5.41, 5.74) is 0.575. The van der Waals surface area contributed by atoms with Gasteiger partial charge in [-0.25, -0.2) is 4.98 Å². The molecule has 2 aromatic carbocycles. The third-order valence-electron chi connectivity index (χ3n) is 4.08. The number of amides is 1. The summed E-state index contributed by atoms with van der Waals surface area (Å²) in [4.78, 5) is 39.1. The van der Waals surface area contributed by atoms with Gasteiger partial charge in [-0.3, -0.25) is 24.3 Å². The highest BCUT2D eigenvalue weighted by atomic mass is 79.9. The summed E-state index contributed by atoms with van der Waals surface area (Å²) in [5.74, 6) is -0.337. The number of hydrogen-bond donors (Lipinski definition) is 1. The fourth-order valence-electron chi connectivity index (χ4n) is 2.65. The highest BCUT2D eigenvalue weighted by molar-refractivity contribution is 9.10. The minimum atomic E-state index is -0.552. The van der Waals surface area contributed by atoms with E-state index in [0.29, 0.717) is 0 Å². The van der Waals surface area contributed by atoms with Crippen molar-refractivity contribution in [2.75, 3.05) is 0 Å². The van der Waals surface area contributed by atoms with Crippen molar-refractivity contribution in [1.82, 2.24) is 14.9 Å². The molecule has 0 saturated carbocycles. The second-order valence-electron chi connectivity index (χ2n) is 5.98. The lowest BCUT2D eigenvalue weighted by atomic mass is 10.1. The van der Waals surface area contributed by atoms with E-state index in [1.807, 2.05) is 31.2 Å². The summed E-state index contributed by atoms with van der Waals surface area (Å²) in [6.07, 6.45) is 1.22. The van der Waals surface area contributed by atoms with E-state index in [-0.39, 0.29) is 35.1 Å². The standard InChI is InChI=1S/C18H15BrN4O4/c1-11(12-2-4-13(19)5-3-12)21-17(24)9-22-10-20-16-8-14(23(26)27)6-7-15(16)18(22)25/h2-8,10-11H,9H2,1H3,(H,21,24). The van der Waals surface area contributed by atoms with Crippen LogP contribution in [0.2, 0.25) is 0 Å². The van der Waals surface area contributed by atoms with E-state index in [4.69, 9.17) is 0 Å². The van der Waals surface area contributed by atoms with E-state index in [1.54, 1.807) is 0 Å². The van der Waals surface area contributed by atoms with Crippen LogP contribution >= 0.6 is 15.9 Å². The Balaban J connectivity index is 1.77. The van der Waals surface area contributed by atoms with Crippen LogP contribution in [0, 0.1) is 10.1 Å². The number of hydrogen-bond acceptors (Lipinski definition) is 5. The molecule has 0 radical (unpaired) electrons. The molecule has 0 aliphatic heterocycles. The molecule has 1 atom stereocenters. The summed E-state index contributed by atoms with van der Waals surface area (Å²) < 4.78 is 2.12. The van der Waals surface area contributed by atoms with Gasteiger partial charge < -0.3 is 5.32 Å². The predicted molar refractivity (Wildman–Crippen MR) is 103 cm³/mol. The Morgan fingerprint density at radius 1 is 1.30 bits per heavy atom. The Kier molecular flexibility index (Phi) is 5.31. The highest BCUT2D eigenvalue weighted by Gasteiger charge is 2.14. The van der Waals surface area contributed by atoms with Gasteiger partial charge in [0.2, 0.25) is 5.91 Å². The van der Waals surface area contributed by atoms with Crippen LogP contribution < -0.4 is 10.9 Å². The molecule has 0 bridgehead atoms. The normalized spacial score (nSPS) is 11.9. The van der Waals surface area contributed by atoms with Crippen molar-refractivity contribution in [2.45, 2.75) is 19.5 Å². The number of halogens is 1. The molecular formula is C18H15BrN4O4. The van der Waals surface area contributed by atoms with E-state index in [9.17, 15) is 19.7 Å². The Hall–Kier alpha value is -3.07. The van der Waals surface area contributed by atoms with Crippen LogP contribution in [0.4, 0.5) is 5.69 Å². The number of rotatable bonds is 5. The van der Waals surface area contributed by atoms with Crippen molar-refractivity contribution in [3.8, 4) is 0 Å². The lowest BCUT2D eigenvalue weighted by molar-refractivity contribution is -0.384. The molecule has 27 heavy (non-hydrogen) atoms. The minimum Gasteiger partial charge on any atom is -0.348 e. The number of fused-ring (bicyclic) bond motifs is 1. The van der Waals surface area contributed by atoms with E-state index >= 15 is 0 Å². The number of aromatic nitrogens is 2. The molecule has 3 rings (SSSR count). The average molecular weight is 431 g/mol. The second-order valence-corrected chi connectivity index (χ2v) is 6.89. The molecule has 0 aliphatic carbocycles. The molecule has 0 spiro atoms. The highest BCUT2D eigenvalue weighted by Crippen LogP contribution is 2.17. The smallest absolute Gasteiger partial charge is 0.271 e. The van der Waals surface area contributed by atoms with Crippen LogP contribution in [-0.4, -0.2) is 20.4 Å². The third kappa shape index (κ3) is 4.20. The van der Waals surface area contributed by atoms with Crippen LogP contribution in [0.25, 0.3) is 10.9 Å². The first-order valence-electron chi connectivity index (χ1n) is 8.03. The summed E-state index contributed by atoms with van der Waals surface area (Å²) in [7, 11) is 0. The molecule has 3 aromatic rings. The zero-order chi connectivity index (χ0) is 19.6. The van der Waals surface area contributed by atoms with Crippen molar-refractivity contribution >= 4 is 38.4 Å². The van der Waals surface area contributed by atoms with Gasteiger partial charge in [0.05, 0.1) is 28.2 Å². The molecule has 1 aromatic heterocycles. The summed E-state index contributed by atoms with van der Waals surface area (Å²) in [6.45, 7) is 1.65. The molecule has 1 unspecified atom stereocenters. The molecule has 1 N–H and O–H groups in total. The van der Waals surface area contributed by atoms with Crippen molar-refractivity contribution in [2.24, 2.45) is 0 Å². The van der Waals surface area contributed by atoms with Gasteiger partial charge in [-0.2, -0.15) is 0 Å². The Bertz CT molecular complexity index is 1080. The molecule has 8 nitrogen and oxygen atoms in total. The summed E-state index contributed by atoms with van der Waals surface area (Å²) in [5, 5.41) is 13.9. The number of nitro benzene ring substituents is 1. The Morgan fingerprint density at radius 3 is 2.67 bits per heavy atom. The van der Waals surface area contributed by atoms with Gasteiger partial charge in [0.15, 0.2) is 0 Å². The lowest BCUT2D eigenvalue weighted by Gasteiger charge is -2.15. The second kappa shape index (κ2) is 7.67. The Morgan fingerprint density at radius 2 is 2.00 bits per heavy atom. The number of carbonyl (C=O) groups is 1. The van der Waals surface area contributed by atoms with Crippen molar-refractivity contribution in [3.63, 3.8) is 0 Å². The first kappa shape index (κ1) is 18.7. The number of carbonyl (C=O) groups excluding carboxylic acids is 1. The Labute approximate surface area is 162 Å². The SMILES string of the molecule is CC(NC(=O)Cn1cnc2cc([N+](=O)[O-])ccc2c1=O)c1ccc(Br)cc1. The molecule has 0 saturated heterocycles. The molecule has 1 heterocycles. The van der Waals surface area contributed by atoms with Gasteiger partial charge >= 0.3 is 0 Å². The van der Waals surface area contributed by atoms with Gasteiger partial charge in [-0.1, -0.05) is 28.1 Å². The molecule has 9 heteroatoms. The van der Waals surface area contributed by atoms with Gasteiger partial charge in [0, 0.05) is 16.6 Å². The van der Waals surface area contributed by atoms with Crippen molar-refractivity contribution in [1.29, 1.82) is 0 Å². The number of nitro groups is 1. The summed E-state index contributed by atoms with van der Waals surface area (Å²) >= 11 is 3.36. The van der Waals surface area contributed by atoms with Gasteiger partial charge in [0.25, 0.3) is 11.2 Å². The van der Waals surface area contributed by atoms with E-state index < -0.39 is 10.5 Å². The van der Waals surface area contributed by atoms with Crippen LogP contribution in [-0.2, 0) is 11.3 Å². The maximum atomic E-state index is 12.5. The minimum absolute atomic E-state index is 0.145. The van der Waals surface area contributed by atoms with Crippen molar-refractivity contribution < 1.29 is 9.72 Å². The van der Waals surface area contributed by atoms with E-state index in [0.717, 1.165) is 10.0 Å². The number of non-ortho nitro benzene ring substituents is 1. The largest absolute Gasteiger partial charge is 0.348 e. The monoisotopic (exact) mass is 430 g/mol. The maximum Gasteiger partial charge on any atom is 0.271 e. The van der Waals surface area contributed by atoms with E-state index in [2.05, 4.69) is 26.2 Å². The summed E-state index contributed by atoms with van der Waals surface area (Å²) in [6, 6.07) is 11.2. The molecular weight excluding hydrogens is 416 g/mol. The van der Waals surface area contributed by atoms with Crippen molar-refractivity contribution in [3.05, 3.63) is 79.3 Å². The zero-order valence-corrected chi connectivity index (χ0v) is 15.8. The van der Waals surface area contributed by atoms with Gasteiger partial charge in [-0.05, 0) is 30.7 Å².